The first-order valence-corrected chi connectivity index (χ1v) is 11.7. The van der Waals surface area contributed by atoms with Crippen molar-refractivity contribution in [3.05, 3.63) is 126 Å². The molecule has 0 amide bonds. The SMILES string of the molecule is CC#CC(C)(C)OC(=O)c1ccc(C#Cc2ccc(N(c3ccccc3)c3ccccc3)cc2)cc1. The van der Waals surface area contributed by atoms with Crippen molar-refractivity contribution in [1.82, 2.24) is 0 Å². The fourth-order valence-corrected chi connectivity index (χ4v) is 3.75. The highest BCUT2D eigenvalue weighted by atomic mass is 16.6. The summed E-state index contributed by atoms with van der Waals surface area (Å²) in [5.74, 6) is 11.6. The van der Waals surface area contributed by atoms with Gasteiger partial charge in [0.15, 0.2) is 5.60 Å². The van der Waals surface area contributed by atoms with Crippen molar-refractivity contribution in [1.29, 1.82) is 0 Å². The molecular formula is C33H27NO2. The van der Waals surface area contributed by atoms with Crippen LogP contribution in [0.5, 0.6) is 0 Å². The van der Waals surface area contributed by atoms with E-state index in [0.717, 1.165) is 28.2 Å². The summed E-state index contributed by atoms with van der Waals surface area (Å²) in [5, 5.41) is 0. The first-order chi connectivity index (χ1) is 17.4. The number of carbonyl (C=O) groups excluding carboxylic acids is 1. The van der Waals surface area contributed by atoms with E-state index in [2.05, 4.69) is 65.0 Å². The van der Waals surface area contributed by atoms with Crippen molar-refractivity contribution in [2.45, 2.75) is 26.4 Å². The third-order valence-corrected chi connectivity index (χ3v) is 5.40. The Morgan fingerprint density at radius 1 is 0.667 bits per heavy atom. The van der Waals surface area contributed by atoms with Gasteiger partial charge < -0.3 is 9.64 Å². The topological polar surface area (TPSA) is 29.5 Å². The van der Waals surface area contributed by atoms with E-state index in [1.54, 1.807) is 32.9 Å². The molecule has 0 saturated heterocycles. The Labute approximate surface area is 213 Å². The predicted octanol–water partition coefficient (Wildman–Crippen LogP) is 7.51. The number of para-hydroxylation sites is 2. The summed E-state index contributed by atoms with van der Waals surface area (Å²) in [4.78, 5) is 14.6. The van der Waals surface area contributed by atoms with Gasteiger partial charge in [-0.2, -0.15) is 0 Å². The third kappa shape index (κ3) is 6.23. The minimum atomic E-state index is -0.826. The van der Waals surface area contributed by atoms with Gasteiger partial charge >= 0.3 is 5.97 Å². The largest absolute Gasteiger partial charge is 0.443 e. The van der Waals surface area contributed by atoms with Crippen LogP contribution in [0.4, 0.5) is 17.1 Å². The number of nitrogens with zero attached hydrogens (tertiary/aromatic N) is 1. The van der Waals surface area contributed by atoms with Crippen molar-refractivity contribution in [2.24, 2.45) is 0 Å². The molecule has 0 aliphatic heterocycles. The molecule has 4 rings (SSSR count). The van der Waals surface area contributed by atoms with E-state index in [0.29, 0.717) is 5.56 Å². The molecule has 0 saturated carbocycles. The average molecular weight is 470 g/mol. The summed E-state index contributed by atoms with van der Waals surface area (Å²) in [7, 11) is 0. The molecule has 176 valence electrons. The molecule has 0 aliphatic carbocycles. The lowest BCUT2D eigenvalue weighted by molar-refractivity contribution is 0.0204. The van der Waals surface area contributed by atoms with Gasteiger partial charge in [-0.25, -0.2) is 4.79 Å². The number of hydrogen-bond acceptors (Lipinski definition) is 3. The van der Waals surface area contributed by atoms with Gasteiger partial charge in [0.2, 0.25) is 0 Å². The zero-order chi connectivity index (χ0) is 25.4. The van der Waals surface area contributed by atoms with Crippen LogP contribution in [0.1, 0.15) is 42.3 Å². The number of carbonyl (C=O) groups is 1. The molecule has 0 N–H and O–H groups in total. The van der Waals surface area contributed by atoms with E-state index in [4.69, 9.17) is 4.74 Å². The van der Waals surface area contributed by atoms with Crippen molar-refractivity contribution in [3.8, 4) is 23.7 Å². The maximum Gasteiger partial charge on any atom is 0.339 e. The Balaban J connectivity index is 1.50. The molecule has 4 aromatic carbocycles. The summed E-state index contributed by atoms with van der Waals surface area (Å²) in [6.45, 7) is 5.26. The molecule has 3 nitrogen and oxygen atoms in total. The van der Waals surface area contributed by atoms with Gasteiger partial charge in [0.05, 0.1) is 5.56 Å². The van der Waals surface area contributed by atoms with Gasteiger partial charge in [0, 0.05) is 28.2 Å². The molecule has 0 bridgehead atoms. The van der Waals surface area contributed by atoms with Gasteiger partial charge in [0.1, 0.15) is 0 Å². The second-order valence-electron chi connectivity index (χ2n) is 8.66. The van der Waals surface area contributed by atoms with Gasteiger partial charge in [-0.1, -0.05) is 54.2 Å². The summed E-state index contributed by atoms with van der Waals surface area (Å²) < 4.78 is 5.48. The van der Waals surface area contributed by atoms with Gasteiger partial charge in [0.25, 0.3) is 0 Å². The van der Waals surface area contributed by atoms with Crippen LogP contribution in [0.2, 0.25) is 0 Å². The zero-order valence-corrected chi connectivity index (χ0v) is 20.7. The van der Waals surface area contributed by atoms with Crippen molar-refractivity contribution >= 4 is 23.0 Å². The predicted molar refractivity (Wildman–Crippen MR) is 146 cm³/mol. The van der Waals surface area contributed by atoms with Crippen molar-refractivity contribution in [2.75, 3.05) is 4.90 Å². The monoisotopic (exact) mass is 469 g/mol. The molecule has 0 radical (unpaired) electrons. The molecule has 0 atom stereocenters. The molecular weight excluding hydrogens is 442 g/mol. The zero-order valence-electron chi connectivity index (χ0n) is 20.7. The van der Waals surface area contributed by atoms with Gasteiger partial charge in [-0.05, 0) is 93.6 Å². The Hall–Kier alpha value is -4.73. The van der Waals surface area contributed by atoms with Gasteiger partial charge in [-0.3, -0.25) is 0 Å². The molecule has 0 fully saturated rings. The number of rotatable bonds is 5. The lowest BCUT2D eigenvalue weighted by Crippen LogP contribution is -2.26. The maximum absolute atomic E-state index is 12.4. The second-order valence-corrected chi connectivity index (χ2v) is 8.66. The highest BCUT2D eigenvalue weighted by Gasteiger charge is 2.20. The van der Waals surface area contributed by atoms with E-state index in [9.17, 15) is 4.79 Å². The van der Waals surface area contributed by atoms with Crippen LogP contribution in [0.15, 0.2) is 109 Å². The minimum Gasteiger partial charge on any atom is -0.443 e. The summed E-state index contributed by atoms with van der Waals surface area (Å²) in [6.07, 6.45) is 0. The molecule has 0 spiro atoms. The van der Waals surface area contributed by atoms with E-state index >= 15 is 0 Å². The minimum absolute atomic E-state index is 0.403. The molecule has 0 heterocycles. The third-order valence-electron chi connectivity index (χ3n) is 5.40. The second kappa shape index (κ2) is 11.1. The number of esters is 1. The van der Waals surface area contributed by atoms with E-state index < -0.39 is 11.6 Å². The molecule has 0 aromatic heterocycles. The van der Waals surface area contributed by atoms with Crippen molar-refractivity contribution in [3.63, 3.8) is 0 Å². The maximum atomic E-state index is 12.4. The Kier molecular flexibility index (Phi) is 7.54. The highest BCUT2D eigenvalue weighted by molar-refractivity contribution is 5.90. The molecule has 36 heavy (non-hydrogen) atoms. The fourth-order valence-electron chi connectivity index (χ4n) is 3.75. The lowest BCUT2D eigenvalue weighted by atomic mass is 10.1. The van der Waals surface area contributed by atoms with E-state index in [-0.39, 0.29) is 0 Å². The van der Waals surface area contributed by atoms with Crippen LogP contribution in [0, 0.1) is 23.7 Å². The van der Waals surface area contributed by atoms with Crippen LogP contribution < -0.4 is 4.90 Å². The number of benzene rings is 4. The lowest BCUT2D eigenvalue weighted by Gasteiger charge is -2.25. The molecule has 4 aromatic rings. The fraction of sp³-hybridized carbons (Fsp3) is 0.121. The first-order valence-electron chi connectivity index (χ1n) is 11.7. The standard InChI is InChI=1S/C33H27NO2/c1-4-25-33(2,3)36-32(35)28-21-17-26(18-22-28)15-16-27-19-23-31(24-20-27)34(29-11-7-5-8-12-29)30-13-9-6-10-14-30/h5-14,17-24H,1-3H3. The van der Waals surface area contributed by atoms with Crippen molar-refractivity contribution < 1.29 is 9.53 Å². The molecule has 0 aliphatic rings. The summed E-state index contributed by atoms with van der Waals surface area (Å²) in [6, 6.07) is 35.8. The smallest absolute Gasteiger partial charge is 0.339 e. The van der Waals surface area contributed by atoms with Gasteiger partial charge in [-0.15, -0.1) is 5.92 Å². The van der Waals surface area contributed by atoms with Crippen LogP contribution in [0.3, 0.4) is 0 Å². The summed E-state index contributed by atoms with van der Waals surface area (Å²) in [5.41, 5.74) is 4.60. The first kappa shape index (κ1) is 24.4. The number of ether oxygens (including phenoxy) is 1. The number of hydrogen-bond donors (Lipinski definition) is 0. The van der Waals surface area contributed by atoms with Crippen LogP contribution in [-0.4, -0.2) is 11.6 Å². The van der Waals surface area contributed by atoms with Crippen LogP contribution in [0.25, 0.3) is 0 Å². The Morgan fingerprint density at radius 3 is 1.58 bits per heavy atom. The molecule has 0 unspecified atom stereocenters. The average Bonchev–Trinajstić information content (AvgIpc) is 2.89. The van der Waals surface area contributed by atoms with Crippen LogP contribution >= 0.6 is 0 Å². The highest BCUT2D eigenvalue weighted by Crippen LogP contribution is 2.33. The van der Waals surface area contributed by atoms with E-state index in [1.807, 2.05) is 60.7 Å². The Morgan fingerprint density at radius 2 is 1.11 bits per heavy atom. The summed E-state index contributed by atoms with van der Waals surface area (Å²) >= 11 is 0. The van der Waals surface area contributed by atoms with E-state index in [1.165, 1.54) is 0 Å². The number of anilines is 3. The normalized spacial score (nSPS) is 10.3. The van der Waals surface area contributed by atoms with Crippen LogP contribution in [-0.2, 0) is 4.74 Å². The Bertz CT molecular complexity index is 1390. The quantitative estimate of drug-likeness (QED) is 0.224. The molecule has 3 heteroatoms.